The van der Waals surface area contributed by atoms with Gasteiger partial charge in [0, 0.05) is 16.5 Å². The topological polar surface area (TPSA) is 18.5 Å². The fraction of sp³-hybridized carbons (Fsp3) is 0.231. The van der Waals surface area contributed by atoms with E-state index in [2.05, 4.69) is 31.9 Å². The lowest BCUT2D eigenvalue weighted by atomic mass is 10.1. The van der Waals surface area contributed by atoms with Crippen molar-refractivity contribution in [3.8, 4) is 11.5 Å². The molecule has 1 aromatic heterocycles. The zero-order chi connectivity index (χ0) is 14.0. The van der Waals surface area contributed by atoms with Gasteiger partial charge in [-0.05, 0) is 28.1 Å². The van der Waals surface area contributed by atoms with Crippen LogP contribution in [0.5, 0.6) is 11.5 Å². The van der Waals surface area contributed by atoms with Gasteiger partial charge in [0.1, 0.15) is 11.5 Å². The molecule has 0 aliphatic heterocycles. The Morgan fingerprint density at radius 3 is 2.47 bits per heavy atom. The molecule has 0 fully saturated rings. The molecule has 0 spiro atoms. The highest BCUT2D eigenvalue weighted by Gasteiger charge is 2.19. The first-order chi connectivity index (χ1) is 9.06. The highest BCUT2D eigenvalue weighted by molar-refractivity contribution is 9.11. The second-order valence-corrected chi connectivity index (χ2v) is 7.47. The molecule has 1 atom stereocenters. The summed E-state index contributed by atoms with van der Waals surface area (Å²) in [7, 11) is 3.28. The number of halogens is 3. The van der Waals surface area contributed by atoms with Crippen molar-refractivity contribution in [2.75, 3.05) is 14.2 Å². The van der Waals surface area contributed by atoms with Gasteiger partial charge in [0.25, 0.3) is 0 Å². The van der Waals surface area contributed by atoms with Crippen LogP contribution in [0.25, 0.3) is 0 Å². The minimum atomic E-state index is 0.0298. The molecule has 0 N–H and O–H groups in total. The van der Waals surface area contributed by atoms with Crippen LogP contribution < -0.4 is 9.47 Å². The van der Waals surface area contributed by atoms with E-state index in [-0.39, 0.29) is 4.83 Å². The molecule has 0 radical (unpaired) electrons. The van der Waals surface area contributed by atoms with Crippen molar-refractivity contribution in [3.63, 3.8) is 0 Å². The summed E-state index contributed by atoms with van der Waals surface area (Å²) in [6, 6.07) is 7.71. The highest BCUT2D eigenvalue weighted by Crippen LogP contribution is 2.44. The Hall–Kier alpha value is -0.230. The molecular formula is C13H11Br2ClO2S. The largest absolute Gasteiger partial charge is 0.497 e. The predicted molar refractivity (Wildman–Crippen MR) is 87.3 cm³/mol. The molecule has 2 aromatic rings. The van der Waals surface area contributed by atoms with Crippen LogP contribution >= 0.6 is 54.8 Å². The molecule has 1 aromatic carbocycles. The molecular weight excluding hydrogens is 415 g/mol. The quantitative estimate of drug-likeness (QED) is 0.587. The maximum Gasteiger partial charge on any atom is 0.127 e. The van der Waals surface area contributed by atoms with Crippen LogP contribution in [0.15, 0.2) is 28.1 Å². The molecule has 1 unspecified atom stereocenters. The van der Waals surface area contributed by atoms with Gasteiger partial charge in [-0.15, -0.1) is 11.3 Å². The SMILES string of the molecule is COc1ccc(C(Br)c2cc(Cl)c(Br)s2)c(OC)c1. The monoisotopic (exact) mass is 424 g/mol. The molecule has 0 saturated heterocycles. The van der Waals surface area contributed by atoms with E-state index in [0.717, 1.165) is 30.7 Å². The van der Waals surface area contributed by atoms with Gasteiger partial charge in [-0.2, -0.15) is 0 Å². The smallest absolute Gasteiger partial charge is 0.127 e. The van der Waals surface area contributed by atoms with Crippen LogP contribution in [0.4, 0.5) is 0 Å². The number of alkyl halides is 1. The lowest BCUT2D eigenvalue weighted by Gasteiger charge is -2.14. The summed E-state index contributed by atoms with van der Waals surface area (Å²) in [6.45, 7) is 0. The lowest BCUT2D eigenvalue weighted by molar-refractivity contribution is 0.391. The second-order valence-electron chi connectivity index (χ2n) is 3.74. The summed E-state index contributed by atoms with van der Waals surface area (Å²) < 4.78 is 11.5. The normalized spacial score (nSPS) is 12.3. The molecule has 19 heavy (non-hydrogen) atoms. The summed E-state index contributed by atoms with van der Waals surface area (Å²) in [5.41, 5.74) is 1.04. The molecule has 0 amide bonds. The third kappa shape index (κ3) is 3.27. The molecule has 0 aliphatic carbocycles. The van der Waals surface area contributed by atoms with E-state index in [1.165, 1.54) is 0 Å². The fourth-order valence-electron chi connectivity index (χ4n) is 1.67. The van der Waals surface area contributed by atoms with Gasteiger partial charge in [-0.25, -0.2) is 0 Å². The molecule has 6 heteroatoms. The Kier molecular flexibility index (Phi) is 5.17. The van der Waals surface area contributed by atoms with Crippen molar-refractivity contribution in [2.45, 2.75) is 4.83 Å². The summed E-state index contributed by atoms with van der Waals surface area (Å²) in [6.07, 6.45) is 0. The summed E-state index contributed by atoms with van der Waals surface area (Å²) in [5, 5.41) is 0.719. The third-order valence-electron chi connectivity index (χ3n) is 2.63. The first kappa shape index (κ1) is 15.2. The van der Waals surface area contributed by atoms with Gasteiger partial charge in [-0.3, -0.25) is 0 Å². The lowest BCUT2D eigenvalue weighted by Crippen LogP contribution is -1.96. The van der Waals surface area contributed by atoms with Gasteiger partial charge in [0.2, 0.25) is 0 Å². The minimum absolute atomic E-state index is 0.0298. The van der Waals surface area contributed by atoms with Crippen LogP contribution in [0.1, 0.15) is 15.3 Å². The van der Waals surface area contributed by atoms with Crippen LogP contribution in [-0.4, -0.2) is 14.2 Å². The molecule has 0 saturated carbocycles. The van der Waals surface area contributed by atoms with Crippen LogP contribution in [0, 0.1) is 0 Å². The molecule has 2 rings (SSSR count). The van der Waals surface area contributed by atoms with Crippen molar-refractivity contribution in [2.24, 2.45) is 0 Å². The van der Waals surface area contributed by atoms with E-state index in [4.69, 9.17) is 21.1 Å². The van der Waals surface area contributed by atoms with Gasteiger partial charge < -0.3 is 9.47 Å². The molecule has 1 heterocycles. The Labute approximate surface area is 137 Å². The third-order valence-corrected chi connectivity index (χ3v) is 6.46. The number of ether oxygens (including phenoxy) is 2. The zero-order valence-electron chi connectivity index (χ0n) is 10.2. The fourth-order valence-corrected chi connectivity index (χ4v) is 4.20. The average molecular weight is 427 g/mol. The van der Waals surface area contributed by atoms with E-state index < -0.39 is 0 Å². The van der Waals surface area contributed by atoms with E-state index in [0.29, 0.717) is 0 Å². The number of methoxy groups -OCH3 is 2. The van der Waals surface area contributed by atoms with E-state index in [1.54, 1.807) is 25.6 Å². The summed E-state index contributed by atoms with van der Waals surface area (Å²) in [5.74, 6) is 1.55. The van der Waals surface area contributed by atoms with Crippen LogP contribution in [-0.2, 0) is 0 Å². The maximum atomic E-state index is 6.07. The van der Waals surface area contributed by atoms with Crippen LogP contribution in [0.2, 0.25) is 5.02 Å². The second kappa shape index (κ2) is 6.48. The number of rotatable bonds is 4. The molecule has 2 nitrogen and oxygen atoms in total. The molecule has 0 bridgehead atoms. The Bertz CT molecular complexity index is 567. The predicted octanol–water partition coefficient (Wildman–Crippen LogP) is 5.67. The van der Waals surface area contributed by atoms with Crippen molar-refractivity contribution < 1.29 is 9.47 Å². The maximum absolute atomic E-state index is 6.07. The van der Waals surface area contributed by atoms with Crippen molar-refractivity contribution in [1.29, 1.82) is 0 Å². The van der Waals surface area contributed by atoms with E-state index in [9.17, 15) is 0 Å². The van der Waals surface area contributed by atoms with Crippen molar-refractivity contribution in [3.05, 3.63) is 43.5 Å². The van der Waals surface area contributed by atoms with Gasteiger partial charge in [0.05, 0.1) is 27.9 Å². The van der Waals surface area contributed by atoms with E-state index in [1.807, 2.05) is 24.3 Å². The first-order valence-electron chi connectivity index (χ1n) is 5.37. The number of hydrogen-bond acceptors (Lipinski definition) is 3. The van der Waals surface area contributed by atoms with Gasteiger partial charge in [0.15, 0.2) is 0 Å². The van der Waals surface area contributed by atoms with E-state index >= 15 is 0 Å². The molecule has 102 valence electrons. The standard InChI is InChI=1S/C13H11Br2ClO2S/c1-17-7-3-4-8(10(5-7)18-2)12(14)11-6-9(16)13(15)19-11/h3-6,12H,1-2H3. The summed E-state index contributed by atoms with van der Waals surface area (Å²) >= 11 is 14.8. The van der Waals surface area contributed by atoms with Crippen LogP contribution in [0.3, 0.4) is 0 Å². The average Bonchev–Trinajstić information content (AvgIpc) is 2.77. The number of thiophene rings is 1. The Balaban J connectivity index is 2.40. The Morgan fingerprint density at radius 1 is 1.21 bits per heavy atom. The number of benzene rings is 1. The highest BCUT2D eigenvalue weighted by atomic mass is 79.9. The minimum Gasteiger partial charge on any atom is -0.497 e. The first-order valence-corrected chi connectivity index (χ1v) is 8.28. The van der Waals surface area contributed by atoms with Crippen molar-refractivity contribution in [1.82, 2.24) is 0 Å². The van der Waals surface area contributed by atoms with Gasteiger partial charge in [-0.1, -0.05) is 33.6 Å². The summed E-state index contributed by atoms with van der Waals surface area (Å²) in [4.78, 5) is 1.14. The Morgan fingerprint density at radius 2 is 1.95 bits per heavy atom. The molecule has 0 aliphatic rings. The van der Waals surface area contributed by atoms with Crippen molar-refractivity contribution >= 4 is 54.8 Å². The number of hydrogen-bond donors (Lipinski definition) is 0. The van der Waals surface area contributed by atoms with Gasteiger partial charge >= 0.3 is 0 Å². The zero-order valence-corrected chi connectivity index (χ0v) is 15.0.